The Morgan fingerprint density at radius 2 is 1.84 bits per heavy atom. The van der Waals surface area contributed by atoms with Crippen LogP contribution < -0.4 is 4.72 Å². The van der Waals surface area contributed by atoms with Crippen molar-refractivity contribution in [3.8, 4) is 0 Å². The van der Waals surface area contributed by atoms with Crippen LogP contribution in [-0.2, 0) is 15.9 Å². The Morgan fingerprint density at radius 3 is 2.42 bits per heavy atom. The highest BCUT2D eigenvalue weighted by Gasteiger charge is 2.27. The van der Waals surface area contributed by atoms with E-state index in [9.17, 15) is 13.5 Å². The third kappa shape index (κ3) is 3.69. The van der Waals surface area contributed by atoms with E-state index < -0.39 is 16.1 Å². The van der Waals surface area contributed by atoms with Gasteiger partial charge in [-0.25, -0.2) is 13.1 Å². The maximum absolute atomic E-state index is 12.2. The number of nitrogens with one attached hydrogen (secondary N) is 1. The molecular weight excluding hydrogens is 286 g/mol. The summed E-state index contributed by atoms with van der Waals surface area (Å²) in [5, 5.41) is 9.82. The Hall–Kier alpha value is -0.620. The van der Waals surface area contributed by atoms with Gasteiger partial charge in [-0.3, -0.25) is 0 Å². The Balaban J connectivity index is 2.12. The van der Waals surface area contributed by atoms with Gasteiger partial charge in [0.15, 0.2) is 0 Å². The molecule has 1 aromatic carbocycles. The second kappa shape index (κ2) is 6.22. The molecule has 0 aliphatic heterocycles. The molecule has 6 heteroatoms. The molecule has 0 heterocycles. The maximum atomic E-state index is 12.2. The molecule has 19 heavy (non-hydrogen) atoms. The Morgan fingerprint density at radius 1 is 1.21 bits per heavy atom. The first kappa shape index (κ1) is 14.8. The van der Waals surface area contributed by atoms with Gasteiger partial charge >= 0.3 is 0 Å². The molecule has 2 unspecified atom stereocenters. The lowest BCUT2D eigenvalue weighted by atomic mass is 9.93. The SMILES string of the molecule is O=S(=O)(NC1CCCCC1O)c1ccc(CCl)cc1. The van der Waals surface area contributed by atoms with Crippen molar-refractivity contribution in [3.05, 3.63) is 29.8 Å². The van der Waals surface area contributed by atoms with Crippen LogP contribution >= 0.6 is 11.6 Å². The van der Waals surface area contributed by atoms with Crippen LogP contribution in [0.25, 0.3) is 0 Å². The van der Waals surface area contributed by atoms with Crippen molar-refractivity contribution in [2.24, 2.45) is 0 Å². The first-order chi connectivity index (χ1) is 9.03. The quantitative estimate of drug-likeness (QED) is 0.836. The molecule has 1 fully saturated rings. The number of hydrogen-bond donors (Lipinski definition) is 2. The van der Waals surface area contributed by atoms with E-state index >= 15 is 0 Å². The van der Waals surface area contributed by atoms with E-state index in [4.69, 9.17) is 11.6 Å². The zero-order chi connectivity index (χ0) is 13.9. The summed E-state index contributed by atoms with van der Waals surface area (Å²) >= 11 is 5.67. The molecule has 0 saturated heterocycles. The first-order valence-electron chi connectivity index (χ1n) is 6.38. The van der Waals surface area contributed by atoms with Gasteiger partial charge in [0.1, 0.15) is 0 Å². The molecule has 1 aromatic rings. The lowest BCUT2D eigenvalue weighted by Gasteiger charge is -2.28. The lowest BCUT2D eigenvalue weighted by molar-refractivity contribution is 0.101. The zero-order valence-electron chi connectivity index (χ0n) is 10.5. The molecule has 0 aromatic heterocycles. The topological polar surface area (TPSA) is 66.4 Å². The smallest absolute Gasteiger partial charge is 0.240 e. The number of benzene rings is 1. The van der Waals surface area contributed by atoms with Crippen LogP contribution in [0.5, 0.6) is 0 Å². The average Bonchev–Trinajstić information content (AvgIpc) is 2.41. The van der Waals surface area contributed by atoms with Crippen molar-refractivity contribution in [2.75, 3.05) is 0 Å². The van der Waals surface area contributed by atoms with Crippen LogP contribution in [0.3, 0.4) is 0 Å². The highest BCUT2D eigenvalue weighted by atomic mass is 35.5. The van der Waals surface area contributed by atoms with Gasteiger partial charge in [0, 0.05) is 11.9 Å². The van der Waals surface area contributed by atoms with Crippen molar-refractivity contribution < 1.29 is 13.5 Å². The minimum Gasteiger partial charge on any atom is -0.391 e. The highest BCUT2D eigenvalue weighted by Crippen LogP contribution is 2.21. The Kier molecular flexibility index (Phi) is 4.84. The number of halogens is 1. The van der Waals surface area contributed by atoms with Gasteiger partial charge in [0.05, 0.1) is 11.0 Å². The average molecular weight is 304 g/mol. The van der Waals surface area contributed by atoms with Crippen LogP contribution in [0.1, 0.15) is 31.2 Å². The van der Waals surface area contributed by atoms with E-state index in [1.165, 1.54) is 12.1 Å². The molecule has 2 N–H and O–H groups in total. The molecule has 0 bridgehead atoms. The Labute approximate surface area is 118 Å². The van der Waals surface area contributed by atoms with Crippen molar-refractivity contribution in [3.63, 3.8) is 0 Å². The molecule has 1 aliphatic rings. The molecule has 2 atom stereocenters. The number of hydrogen-bond acceptors (Lipinski definition) is 3. The van der Waals surface area contributed by atoms with Gasteiger partial charge in [0.25, 0.3) is 0 Å². The van der Waals surface area contributed by atoms with Gasteiger partial charge in [-0.1, -0.05) is 25.0 Å². The summed E-state index contributed by atoms with van der Waals surface area (Å²) in [6.45, 7) is 0. The monoisotopic (exact) mass is 303 g/mol. The maximum Gasteiger partial charge on any atom is 0.240 e. The molecule has 1 saturated carbocycles. The lowest BCUT2D eigenvalue weighted by Crippen LogP contribution is -2.44. The van der Waals surface area contributed by atoms with E-state index in [1.807, 2.05) is 0 Å². The molecule has 1 aliphatic carbocycles. The fourth-order valence-electron chi connectivity index (χ4n) is 2.27. The minimum absolute atomic E-state index is 0.208. The second-order valence-corrected chi connectivity index (χ2v) is 6.84. The third-order valence-corrected chi connectivity index (χ3v) is 5.24. The molecule has 0 amide bonds. The van der Waals surface area contributed by atoms with Crippen LogP contribution in [0.4, 0.5) is 0 Å². The van der Waals surface area contributed by atoms with Crippen molar-refractivity contribution in [1.29, 1.82) is 0 Å². The summed E-state index contributed by atoms with van der Waals surface area (Å²) in [5.74, 6) is 0.356. The molecule has 4 nitrogen and oxygen atoms in total. The van der Waals surface area contributed by atoms with Gasteiger partial charge < -0.3 is 5.11 Å². The zero-order valence-corrected chi connectivity index (χ0v) is 12.1. The van der Waals surface area contributed by atoms with E-state index in [1.54, 1.807) is 12.1 Å². The standard InChI is InChI=1S/C13H18ClNO3S/c14-9-10-5-7-11(8-6-10)19(17,18)15-12-3-1-2-4-13(12)16/h5-8,12-13,15-16H,1-4,9H2. The minimum atomic E-state index is -3.57. The second-order valence-electron chi connectivity index (χ2n) is 4.86. The number of sulfonamides is 1. The van der Waals surface area contributed by atoms with Crippen LogP contribution in [0, 0.1) is 0 Å². The number of rotatable bonds is 4. The highest BCUT2D eigenvalue weighted by molar-refractivity contribution is 7.89. The van der Waals surface area contributed by atoms with E-state index in [0.29, 0.717) is 18.7 Å². The van der Waals surface area contributed by atoms with Gasteiger partial charge in [-0.15, -0.1) is 11.6 Å². The van der Waals surface area contributed by atoms with E-state index in [0.717, 1.165) is 18.4 Å². The van der Waals surface area contributed by atoms with Crippen LogP contribution in [0.15, 0.2) is 29.2 Å². The van der Waals surface area contributed by atoms with E-state index in [2.05, 4.69) is 4.72 Å². The molecular formula is C13H18ClNO3S. The van der Waals surface area contributed by atoms with Gasteiger partial charge in [-0.05, 0) is 30.5 Å². The molecule has 106 valence electrons. The fourth-order valence-corrected chi connectivity index (χ4v) is 3.76. The van der Waals surface area contributed by atoms with Crippen molar-refractivity contribution >= 4 is 21.6 Å². The summed E-state index contributed by atoms with van der Waals surface area (Å²) in [6.07, 6.45) is 2.63. The Bertz CT molecular complexity index is 515. The summed E-state index contributed by atoms with van der Waals surface area (Å²) in [5.41, 5.74) is 0.873. The van der Waals surface area contributed by atoms with Crippen LogP contribution in [-0.4, -0.2) is 25.7 Å². The first-order valence-corrected chi connectivity index (χ1v) is 8.40. The van der Waals surface area contributed by atoms with E-state index in [-0.39, 0.29) is 10.9 Å². The van der Waals surface area contributed by atoms with Gasteiger partial charge in [0.2, 0.25) is 10.0 Å². The number of aliphatic hydroxyl groups excluding tert-OH is 1. The molecule has 2 rings (SSSR count). The third-order valence-electron chi connectivity index (χ3n) is 3.42. The van der Waals surface area contributed by atoms with Crippen molar-refractivity contribution in [1.82, 2.24) is 4.72 Å². The number of alkyl halides is 1. The number of aliphatic hydroxyl groups is 1. The summed E-state index contributed by atoms with van der Waals surface area (Å²) in [6, 6.07) is 6.08. The predicted octanol–water partition coefficient (Wildman–Crippen LogP) is 2.01. The summed E-state index contributed by atoms with van der Waals surface area (Å²) < 4.78 is 27.0. The normalized spacial score (nSPS) is 24.3. The molecule has 0 radical (unpaired) electrons. The van der Waals surface area contributed by atoms with Crippen LogP contribution in [0.2, 0.25) is 0 Å². The summed E-state index contributed by atoms with van der Waals surface area (Å²) in [7, 11) is -3.57. The molecule has 0 spiro atoms. The largest absolute Gasteiger partial charge is 0.391 e. The van der Waals surface area contributed by atoms with Gasteiger partial charge in [-0.2, -0.15) is 0 Å². The summed E-state index contributed by atoms with van der Waals surface area (Å²) in [4.78, 5) is 0.208. The predicted molar refractivity (Wildman–Crippen MR) is 74.6 cm³/mol. The van der Waals surface area contributed by atoms with Crippen molar-refractivity contribution in [2.45, 2.75) is 48.6 Å². The fraction of sp³-hybridized carbons (Fsp3) is 0.538.